The summed E-state index contributed by atoms with van der Waals surface area (Å²) < 4.78 is 13.0. The third kappa shape index (κ3) is 2.81. The molecule has 0 aliphatic rings. The molecular weight excluding hydrogens is 220 g/mol. The third-order valence-corrected chi connectivity index (χ3v) is 2.69. The Bertz CT molecular complexity index is 270. The van der Waals surface area contributed by atoms with E-state index in [-0.39, 0.29) is 0 Å². The predicted octanol–water partition coefficient (Wildman–Crippen LogP) is 3.21. The molecule has 0 N–H and O–H groups in total. The lowest BCUT2D eigenvalue weighted by Gasteiger charge is -1.99. The van der Waals surface area contributed by atoms with Gasteiger partial charge in [0.15, 0.2) is 5.82 Å². The predicted molar refractivity (Wildman–Crippen MR) is 50.6 cm³/mol. The molecule has 1 aromatic heterocycles. The number of hydrogen-bond acceptors (Lipinski definition) is 2. The van der Waals surface area contributed by atoms with Gasteiger partial charge in [-0.25, -0.2) is 9.37 Å². The molecule has 0 aliphatic carbocycles. The van der Waals surface area contributed by atoms with Gasteiger partial charge in [0.25, 0.3) is 0 Å². The number of nitrogens with zero attached hydrogens (tertiary/aromatic N) is 1. The van der Waals surface area contributed by atoms with Crippen LogP contribution < -0.4 is 0 Å². The van der Waals surface area contributed by atoms with Crippen molar-refractivity contribution in [2.24, 2.45) is 0 Å². The fraction of sp³-hybridized carbons (Fsp3) is 0.286. The summed E-state index contributed by atoms with van der Waals surface area (Å²) in [6.07, 6.45) is 1.42. The monoisotopic (exact) mass is 225 g/mol. The van der Waals surface area contributed by atoms with E-state index in [0.717, 1.165) is 0 Å². The topological polar surface area (TPSA) is 12.9 Å². The van der Waals surface area contributed by atoms with Gasteiger partial charge in [-0.15, -0.1) is 23.4 Å². The SMILES string of the molecule is Fc1cc(Cl)cnc1SCCCl. The summed E-state index contributed by atoms with van der Waals surface area (Å²) in [4.78, 5) is 3.81. The van der Waals surface area contributed by atoms with Gasteiger partial charge in [0.05, 0.1) is 5.02 Å². The van der Waals surface area contributed by atoms with Gasteiger partial charge in [-0.3, -0.25) is 0 Å². The number of aromatic nitrogens is 1. The Balaban J connectivity index is 2.72. The molecular formula is C7H6Cl2FNS. The van der Waals surface area contributed by atoms with Crippen LogP contribution in [0.15, 0.2) is 17.3 Å². The molecule has 1 nitrogen and oxygen atoms in total. The van der Waals surface area contributed by atoms with Gasteiger partial charge >= 0.3 is 0 Å². The minimum atomic E-state index is -0.391. The van der Waals surface area contributed by atoms with Crippen molar-refractivity contribution in [3.8, 4) is 0 Å². The summed E-state index contributed by atoms with van der Waals surface area (Å²) in [5.41, 5.74) is 0. The van der Waals surface area contributed by atoms with E-state index in [4.69, 9.17) is 23.2 Å². The van der Waals surface area contributed by atoms with E-state index in [1.54, 1.807) is 0 Å². The molecule has 1 aromatic rings. The van der Waals surface area contributed by atoms with E-state index >= 15 is 0 Å². The maximum absolute atomic E-state index is 13.0. The maximum Gasteiger partial charge on any atom is 0.156 e. The highest BCUT2D eigenvalue weighted by atomic mass is 35.5. The molecule has 0 spiro atoms. The largest absolute Gasteiger partial charge is 0.245 e. The molecule has 0 amide bonds. The van der Waals surface area contributed by atoms with Crippen molar-refractivity contribution in [2.75, 3.05) is 11.6 Å². The molecule has 0 unspecified atom stereocenters. The summed E-state index contributed by atoms with van der Waals surface area (Å²) in [5.74, 6) is 0.735. The summed E-state index contributed by atoms with van der Waals surface area (Å²) in [7, 11) is 0. The van der Waals surface area contributed by atoms with Crippen LogP contribution in [-0.2, 0) is 0 Å². The lowest BCUT2D eigenvalue weighted by atomic mass is 10.5. The molecule has 0 aliphatic heterocycles. The molecule has 66 valence electrons. The Kier molecular flexibility index (Phi) is 4.12. The van der Waals surface area contributed by atoms with Crippen LogP contribution in [0.1, 0.15) is 0 Å². The molecule has 0 radical (unpaired) electrons. The molecule has 0 bridgehead atoms. The van der Waals surface area contributed by atoms with Gasteiger partial charge in [0, 0.05) is 17.8 Å². The second-order valence-electron chi connectivity index (χ2n) is 1.98. The number of thioether (sulfide) groups is 1. The molecule has 1 heterocycles. The van der Waals surface area contributed by atoms with Crippen LogP contribution in [0.5, 0.6) is 0 Å². The Morgan fingerprint density at radius 3 is 2.92 bits per heavy atom. The maximum atomic E-state index is 13.0. The zero-order chi connectivity index (χ0) is 8.97. The van der Waals surface area contributed by atoms with Crippen molar-refractivity contribution in [3.63, 3.8) is 0 Å². The summed E-state index contributed by atoms with van der Waals surface area (Å²) in [5, 5.41) is 0.655. The van der Waals surface area contributed by atoms with E-state index in [2.05, 4.69) is 4.98 Å². The van der Waals surface area contributed by atoms with Crippen molar-refractivity contribution in [3.05, 3.63) is 23.1 Å². The highest BCUT2D eigenvalue weighted by Crippen LogP contribution is 2.21. The van der Waals surface area contributed by atoms with Crippen LogP contribution in [0, 0.1) is 5.82 Å². The average molecular weight is 226 g/mol. The summed E-state index contributed by atoms with van der Waals surface area (Å²) in [6.45, 7) is 0. The highest BCUT2D eigenvalue weighted by Gasteiger charge is 2.03. The Morgan fingerprint density at radius 1 is 1.58 bits per heavy atom. The van der Waals surface area contributed by atoms with Gasteiger partial charge in [-0.1, -0.05) is 11.6 Å². The second kappa shape index (κ2) is 4.90. The number of rotatable bonds is 3. The van der Waals surface area contributed by atoms with E-state index in [0.29, 0.717) is 21.7 Å². The smallest absolute Gasteiger partial charge is 0.156 e. The van der Waals surface area contributed by atoms with E-state index in [1.807, 2.05) is 0 Å². The van der Waals surface area contributed by atoms with Gasteiger partial charge in [-0.2, -0.15) is 0 Å². The van der Waals surface area contributed by atoms with Crippen molar-refractivity contribution >= 4 is 35.0 Å². The van der Waals surface area contributed by atoms with E-state index < -0.39 is 5.82 Å². The minimum absolute atomic E-state index is 0.308. The van der Waals surface area contributed by atoms with Crippen molar-refractivity contribution < 1.29 is 4.39 Å². The number of hydrogen-bond donors (Lipinski definition) is 0. The van der Waals surface area contributed by atoms with Crippen LogP contribution in [0.3, 0.4) is 0 Å². The van der Waals surface area contributed by atoms with Crippen LogP contribution >= 0.6 is 35.0 Å². The van der Waals surface area contributed by atoms with Crippen LogP contribution in [0.4, 0.5) is 4.39 Å². The van der Waals surface area contributed by atoms with Gasteiger partial charge in [0.1, 0.15) is 5.03 Å². The van der Waals surface area contributed by atoms with Crippen molar-refractivity contribution in [2.45, 2.75) is 5.03 Å². The first-order chi connectivity index (χ1) is 5.74. The zero-order valence-corrected chi connectivity index (χ0v) is 8.39. The fourth-order valence-corrected chi connectivity index (χ4v) is 1.61. The van der Waals surface area contributed by atoms with Crippen molar-refractivity contribution in [1.29, 1.82) is 0 Å². The number of pyridine rings is 1. The third-order valence-electron chi connectivity index (χ3n) is 1.09. The lowest BCUT2D eigenvalue weighted by Crippen LogP contribution is -1.88. The van der Waals surface area contributed by atoms with Crippen LogP contribution in [0.2, 0.25) is 5.02 Å². The number of halogens is 3. The summed E-state index contributed by atoms with van der Waals surface area (Å²) in [6, 6.07) is 1.24. The van der Waals surface area contributed by atoms with Gasteiger partial charge in [0.2, 0.25) is 0 Å². The molecule has 12 heavy (non-hydrogen) atoms. The standard InChI is InChI=1S/C7H6Cl2FNS/c8-1-2-12-7-6(10)3-5(9)4-11-7/h3-4H,1-2H2. The van der Waals surface area contributed by atoms with Gasteiger partial charge < -0.3 is 0 Å². The zero-order valence-electron chi connectivity index (χ0n) is 6.06. The normalized spacial score (nSPS) is 10.2. The number of alkyl halides is 1. The molecule has 0 saturated carbocycles. The molecule has 1 rings (SSSR count). The second-order valence-corrected chi connectivity index (χ2v) is 3.88. The first-order valence-corrected chi connectivity index (χ1v) is 5.13. The fourth-order valence-electron chi connectivity index (χ4n) is 0.643. The molecule has 0 aromatic carbocycles. The summed E-state index contributed by atoms with van der Waals surface area (Å²) >= 11 is 12.2. The first kappa shape index (κ1) is 10.1. The molecule has 0 fully saturated rings. The Hall–Kier alpha value is 0.01000. The lowest BCUT2D eigenvalue weighted by molar-refractivity contribution is 0.588. The van der Waals surface area contributed by atoms with Crippen LogP contribution in [0.25, 0.3) is 0 Å². The Morgan fingerprint density at radius 2 is 2.33 bits per heavy atom. The first-order valence-electron chi connectivity index (χ1n) is 3.24. The van der Waals surface area contributed by atoms with E-state index in [9.17, 15) is 4.39 Å². The highest BCUT2D eigenvalue weighted by molar-refractivity contribution is 7.99. The van der Waals surface area contributed by atoms with Crippen molar-refractivity contribution in [1.82, 2.24) is 4.98 Å². The minimum Gasteiger partial charge on any atom is -0.245 e. The average Bonchev–Trinajstić information content (AvgIpc) is 2.03. The quantitative estimate of drug-likeness (QED) is 0.579. The Labute approximate surface area is 84.3 Å². The van der Waals surface area contributed by atoms with Crippen LogP contribution in [-0.4, -0.2) is 16.6 Å². The van der Waals surface area contributed by atoms with E-state index in [1.165, 1.54) is 24.0 Å². The molecule has 0 saturated heterocycles. The molecule has 0 atom stereocenters. The molecule has 5 heteroatoms. The van der Waals surface area contributed by atoms with Gasteiger partial charge in [-0.05, 0) is 6.07 Å².